The summed E-state index contributed by atoms with van der Waals surface area (Å²) in [6.07, 6.45) is 1.58. The van der Waals surface area contributed by atoms with Crippen molar-refractivity contribution in [1.82, 2.24) is 5.32 Å². The van der Waals surface area contributed by atoms with Gasteiger partial charge in [0.25, 0.3) is 0 Å². The van der Waals surface area contributed by atoms with Gasteiger partial charge in [0.1, 0.15) is 6.29 Å². The Hall–Kier alpha value is -2.97. The normalized spacial score (nSPS) is 12.3. The van der Waals surface area contributed by atoms with Crippen molar-refractivity contribution in [2.75, 3.05) is 0 Å². The Kier molecular flexibility index (Phi) is 6.00. The second kappa shape index (κ2) is 8.61. The van der Waals surface area contributed by atoms with Crippen LogP contribution < -0.4 is 5.32 Å². The van der Waals surface area contributed by atoms with Crippen LogP contribution in [-0.4, -0.2) is 12.3 Å². The molecule has 0 aromatic heterocycles. The van der Waals surface area contributed by atoms with Crippen molar-refractivity contribution in [3.63, 3.8) is 0 Å². The van der Waals surface area contributed by atoms with E-state index in [2.05, 4.69) is 48.3 Å². The van der Waals surface area contributed by atoms with E-state index in [1.807, 2.05) is 61.5 Å². The second-order valence-electron chi connectivity index (χ2n) is 6.90. The number of benzene rings is 3. The van der Waals surface area contributed by atoms with Gasteiger partial charge in [-0.1, -0.05) is 96.6 Å². The Morgan fingerprint density at radius 3 is 1.52 bits per heavy atom. The molecular formula is C25H25NO. The molecule has 136 valence electrons. The zero-order valence-corrected chi connectivity index (χ0v) is 15.6. The molecule has 1 N–H and O–H groups in total. The molecule has 3 aromatic carbocycles. The Bertz CT molecular complexity index is 775. The molecule has 0 amide bonds. The molecule has 2 heteroatoms. The van der Waals surface area contributed by atoms with Crippen LogP contribution in [0, 0.1) is 0 Å². The summed E-state index contributed by atoms with van der Waals surface area (Å²) in [5.74, 6) is 0. The average Bonchev–Trinajstić information content (AvgIpc) is 2.73. The largest absolute Gasteiger partial charge is 0.302 e. The number of nitrogens with one attached hydrogen (secondary N) is 1. The van der Waals surface area contributed by atoms with Gasteiger partial charge in [0.05, 0.1) is 11.6 Å². The zero-order valence-electron chi connectivity index (χ0n) is 15.6. The first-order chi connectivity index (χ1) is 13.2. The molecule has 3 rings (SSSR count). The number of carbonyl (C=O) groups excluding carboxylic acids is 1. The highest BCUT2D eigenvalue weighted by Crippen LogP contribution is 2.37. The lowest BCUT2D eigenvalue weighted by molar-refractivity contribution is -0.109. The van der Waals surface area contributed by atoms with Gasteiger partial charge < -0.3 is 4.79 Å². The molecule has 0 aliphatic rings. The predicted octanol–water partition coefficient (Wildman–Crippen LogP) is 5.10. The molecule has 0 saturated heterocycles. The maximum atomic E-state index is 11.9. The van der Waals surface area contributed by atoms with Crippen LogP contribution >= 0.6 is 0 Å². The van der Waals surface area contributed by atoms with Crippen molar-refractivity contribution in [2.24, 2.45) is 0 Å². The van der Waals surface area contributed by atoms with Gasteiger partial charge in [0.2, 0.25) is 0 Å². The molecule has 0 heterocycles. The minimum atomic E-state index is -0.634. The highest BCUT2D eigenvalue weighted by molar-refractivity contribution is 5.60. The molecule has 0 aliphatic carbocycles. The Morgan fingerprint density at radius 2 is 1.22 bits per heavy atom. The monoisotopic (exact) mass is 355 g/mol. The molecule has 0 aliphatic heterocycles. The van der Waals surface area contributed by atoms with Crippen LogP contribution in [0.3, 0.4) is 0 Å². The molecule has 0 bridgehead atoms. The molecule has 27 heavy (non-hydrogen) atoms. The van der Waals surface area contributed by atoms with E-state index in [0.717, 1.165) is 28.5 Å². The number of rotatable bonds is 8. The predicted molar refractivity (Wildman–Crippen MR) is 112 cm³/mol. The fourth-order valence-electron chi connectivity index (χ4n) is 3.60. The van der Waals surface area contributed by atoms with Crippen molar-refractivity contribution < 1.29 is 4.79 Å². The van der Waals surface area contributed by atoms with Gasteiger partial charge >= 0.3 is 0 Å². The van der Waals surface area contributed by atoms with E-state index in [-0.39, 0.29) is 6.04 Å². The number of aldehydes is 1. The van der Waals surface area contributed by atoms with Crippen molar-refractivity contribution in [3.8, 4) is 0 Å². The summed E-state index contributed by atoms with van der Waals surface area (Å²) >= 11 is 0. The summed E-state index contributed by atoms with van der Waals surface area (Å²) in [6, 6.07) is 30.5. The SMILES string of the molecule is C=C(C)C[C@@H](C=O)NC(c1ccccc1)(c1ccccc1)c1ccccc1. The third kappa shape index (κ3) is 4.07. The third-order valence-electron chi connectivity index (χ3n) is 4.75. The van der Waals surface area contributed by atoms with Gasteiger partial charge in [-0.25, -0.2) is 0 Å². The molecule has 3 aromatic rings. The first-order valence-corrected chi connectivity index (χ1v) is 9.21. The molecule has 2 nitrogen and oxygen atoms in total. The fourth-order valence-corrected chi connectivity index (χ4v) is 3.60. The Labute approximate surface area is 161 Å². The summed E-state index contributed by atoms with van der Waals surface area (Å²) in [4.78, 5) is 11.9. The average molecular weight is 355 g/mol. The van der Waals surface area contributed by atoms with Crippen molar-refractivity contribution in [1.29, 1.82) is 0 Å². The molecule has 1 atom stereocenters. The van der Waals surface area contributed by atoms with Gasteiger partial charge in [-0.3, -0.25) is 5.32 Å². The van der Waals surface area contributed by atoms with Crippen molar-refractivity contribution >= 4 is 6.29 Å². The van der Waals surface area contributed by atoms with E-state index in [1.165, 1.54) is 0 Å². The summed E-state index contributed by atoms with van der Waals surface area (Å²) in [7, 11) is 0. The third-order valence-corrected chi connectivity index (χ3v) is 4.75. The van der Waals surface area contributed by atoms with Crippen LogP contribution in [-0.2, 0) is 10.3 Å². The van der Waals surface area contributed by atoms with Crippen LogP contribution in [0.25, 0.3) is 0 Å². The van der Waals surface area contributed by atoms with E-state index in [9.17, 15) is 4.79 Å². The molecule has 0 radical (unpaired) electrons. The van der Waals surface area contributed by atoms with E-state index in [0.29, 0.717) is 6.42 Å². The van der Waals surface area contributed by atoms with Crippen LogP contribution in [0.2, 0.25) is 0 Å². The highest BCUT2D eigenvalue weighted by Gasteiger charge is 2.37. The minimum Gasteiger partial charge on any atom is -0.302 e. The molecule has 0 spiro atoms. The lowest BCUT2D eigenvalue weighted by atomic mass is 9.76. The Morgan fingerprint density at radius 1 is 0.852 bits per heavy atom. The second-order valence-corrected chi connectivity index (χ2v) is 6.90. The highest BCUT2D eigenvalue weighted by atomic mass is 16.1. The van der Waals surface area contributed by atoms with Gasteiger partial charge in [0.15, 0.2) is 0 Å². The maximum absolute atomic E-state index is 11.9. The van der Waals surface area contributed by atoms with Gasteiger partial charge in [-0.15, -0.1) is 6.58 Å². The summed E-state index contributed by atoms with van der Waals surface area (Å²) in [5.41, 5.74) is 3.62. The van der Waals surface area contributed by atoms with E-state index < -0.39 is 5.54 Å². The topological polar surface area (TPSA) is 29.1 Å². The van der Waals surface area contributed by atoms with E-state index in [1.54, 1.807) is 0 Å². The van der Waals surface area contributed by atoms with Crippen LogP contribution in [0.1, 0.15) is 30.0 Å². The number of hydrogen-bond donors (Lipinski definition) is 1. The maximum Gasteiger partial charge on any atom is 0.137 e. The smallest absolute Gasteiger partial charge is 0.137 e. The summed E-state index contributed by atoms with van der Waals surface area (Å²) in [5, 5.41) is 3.67. The molecule has 0 fully saturated rings. The standard InChI is InChI=1S/C25H25NO/c1-20(2)18-24(19-27)26-25(21-12-6-3-7-13-21,22-14-8-4-9-15-22)23-16-10-5-11-17-23/h3-17,19,24,26H,1,18H2,2H3/t24-/m0/s1. The van der Waals surface area contributed by atoms with Crippen LogP contribution in [0.4, 0.5) is 0 Å². The summed E-state index contributed by atoms with van der Waals surface area (Å²) < 4.78 is 0. The minimum absolute atomic E-state index is 0.344. The lowest BCUT2D eigenvalue weighted by Gasteiger charge is -2.39. The molecule has 0 unspecified atom stereocenters. The van der Waals surface area contributed by atoms with E-state index >= 15 is 0 Å². The lowest BCUT2D eigenvalue weighted by Crippen LogP contribution is -2.50. The summed E-state index contributed by atoms with van der Waals surface area (Å²) in [6.45, 7) is 5.94. The first kappa shape index (κ1) is 18.8. The van der Waals surface area contributed by atoms with Crippen LogP contribution in [0.5, 0.6) is 0 Å². The molecular weight excluding hydrogens is 330 g/mol. The van der Waals surface area contributed by atoms with Gasteiger partial charge in [0, 0.05) is 0 Å². The van der Waals surface area contributed by atoms with Crippen molar-refractivity contribution in [2.45, 2.75) is 24.9 Å². The van der Waals surface area contributed by atoms with Crippen LogP contribution in [0.15, 0.2) is 103 Å². The number of hydrogen-bond acceptors (Lipinski definition) is 2. The van der Waals surface area contributed by atoms with Gasteiger partial charge in [-0.05, 0) is 30.0 Å². The number of carbonyl (C=O) groups is 1. The van der Waals surface area contributed by atoms with E-state index in [4.69, 9.17) is 0 Å². The Balaban J connectivity index is 2.25. The van der Waals surface area contributed by atoms with Gasteiger partial charge in [-0.2, -0.15) is 0 Å². The quantitative estimate of drug-likeness (QED) is 0.346. The zero-order chi connectivity index (χ0) is 19.1. The van der Waals surface area contributed by atoms with Crippen molar-refractivity contribution in [3.05, 3.63) is 120 Å². The fraction of sp³-hybridized carbons (Fsp3) is 0.160. The first-order valence-electron chi connectivity index (χ1n) is 9.21. The molecule has 0 saturated carbocycles.